The smallest absolute Gasteiger partial charge is 0.164 e. The normalized spacial score (nSPS) is 11.6. The third-order valence-electron chi connectivity index (χ3n) is 28.1. The summed E-state index contributed by atoms with van der Waals surface area (Å²) in [6.45, 7) is 0. The van der Waals surface area contributed by atoms with Crippen LogP contribution in [0.4, 0.5) is 0 Å². The van der Waals surface area contributed by atoms with Crippen LogP contribution in [0.25, 0.3) is 296 Å². The van der Waals surface area contributed by atoms with Gasteiger partial charge in [-0.1, -0.05) is 394 Å². The molecule has 0 unspecified atom stereocenters. The lowest BCUT2D eigenvalue weighted by Gasteiger charge is -2.10. The highest BCUT2D eigenvalue weighted by Gasteiger charge is 2.25. The highest BCUT2D eigenvalue weighted by Crippen LogP contribution is 2.48. The Morgan fingerprint density at radius 1 is 0.120 bits per heavy atom. The van der Waals surface area contributed by atoms with Gasteiger partial charge in [0.15, 0.2) is 52.4 Å². The van der Waals surface area contributed by atoms with Crippen molar-refractivity contribution >= 4 is 160 Å². The number of nitrogens with zero attached hydrogens (tertiary/aromatic N) is 9. The Labute approximate surface area is 872 Å². The van der Waals surface area contributed by atoms with Crippen molar-refractivity contribution in [3.8, 4) is 169 Å². The fraction of sp³-hybridized carbons (Fsp3) is 0. The van der Waals surface area contributed by atoms with Crippen molar-refractivity contribution in [3.05, 3.63) is 491 Å². The zero-order chi connectivity index (χ0) is 99.1. The van der Waals surface area contributed by atoms with Gasteiger partial charge in [-0.3, -0.25) is 0 Å². The first kappa shape index (κ1) is 88.4. The fourth-order valence-electron chi connectivity index (χ4n) is 20.7. The number of benzene rings is 21. The summed E-state index contributed by atoms with van der Waals surface area (Å²) in [6, 6.07) is 171. The van der Waals surface area contributed by atoms with E-state index in [0.29, 0.717) is 52.4 Å². The van der Waals surface area contributed by atoms with E-state index in [1.165, 1.54) is 88.3 Å². The van der Waals surface area contributed by atoms with E-state index in [1.54, 1.807) is 0 Å². The molecule has 150 heavy (non-hydrogen) atoms. The Morgan fingerprint density at radius 2 is 0.333 bits per heavy atom. The van der Waals surface area contributed by atoms with E-state index >= 15 is 0 Å². The van der Waals surface area contributed by atoms with Crippen molar-refractivity contribution in [3.63, 3.8) is 0 Å². The van der Waals surface area contributed by atoms with Crippen molar-refractivity contribution in [1.82, 2.24) is 44.9 Å². The molecule has 15 heteroatoms. The summed E-state index contributed by atoms with van der Waals surface area (Å²) in [5.74, 6) is 5.56. The molecule has 0 saturated carbocycles. The second kappa shape index (κ2) is 37.7. The maximum absolute atomic E-state index is 6.58. The minimum absolute atomic E-state index is 0.585. The molecule has 0 saturated heterocycles. The second-order valence-corrected chi connectivity index (χ2v) is 40.5. The fourth-order valence-corrected chi connectivity index (χ4v) is 24.1. The van der Waals surface area contributed by atoms with Gasteiger partial charge in [0.1, 0.15) is 33.5 Å². The number of rotatable bonds is 15. The Morgan fingerprint density at radius 3 is 0.647 bits per heavy atom. The molecule has 702 valence electrons. The summed E-state index contributed by atoms with van der Waals surface area (Å²) in [7, 11) is 0. The third-order valence-corrected chi connectivity index (χ3v) is 31.5. The van der Waals surface area contributed by atoms with E-state index in [-0.39, 0.29) is 0 Å². The van der Waals surface area contributed by atoms with E-state index in [2.05, 4.69) is 334 Å². The maximum atomic E-state index is 6.58. The molecular formula is C135H81N9O3S3. The lowest BCUT2D eigenvalue weighted by Crippen LogP contribution is -2.00. The van der Waals surface area contributed by atoms with Gasteiger partial charge in [-0.25, -0.2) is 44.9 Å². The number of hydrogen-bond acceptors (Lipinski definition) is 15. The summed E-state index contributed by atoms with van der Waals surface area (Å²) >= 11 is 5.52. The highest BCUT2D eigenvalue weighted by atomic mass is 32.1. The molecule has 0 radical (unpaired) electrons. The maximum Gasteiger partial charge on any atom is 0.164 e. The van der Waals surface area contributed by atoms with Crippen molar-refractivity contribution in [2.45, 2.75) is 0 Å². The zero-order valence-electron chi connectivity index (χ0n) is 80.2. The standard InChI is InChI=1S/C51H31N3OS.C45H27N3OS.C39H23N3OS/c1-3-10-32(11-4-1)34-18-22-36(23-19-34)49-52-50(37-24-20-35(21-25-37)33-12-5-2-6-13-33)54-51(53-49)39-27-29-43-45(30-39)55-44-16-9-15-40(48(43)44)38-26-28-42-41-14-7-8-17-46(41)56-47(42)31-38;1-4-11-28(12-5-1)31-21-24-40-37(25-31)35-22-19-32(27-41(35)50-40)34-17-10-18-38-42(34)36-23-20-33(26-39(36)49-38)45-47-43(29-13-6-2-7-14-29)46-44(48-45)30-15-8-3-9-16-30;1-3-10-24(11-4-1)37-40-38(25-12-5-2-6-13-25)42-39(41-37)27-19-21-31-33(22-27)43-32-16-9-15-28(36(31)32)26-18-20-30-29-14-7-8-17-34(29)44-35(30)23-26/h1-31H;1-27H;1-23H. The molecule has 0 aliphatic rings. The molecule has 0 N–H and O–H groups in total. The summed E-state index contributed by atoms with van der Waals surface area (Å²) in [5.41, 5.74) is 27.2. The number of furan rings is 3. The van der Waals surface area contributed by atoms with Crippen molar-refractivity contribution in [2.75, 3.05) is 0 Å². The molecule has 21 aromatic carbocycles. The molecule has 0 aliphatic carbocycles. The van der Waals surface area contributed by atoms with Crippen molar-refractivity contribution < 1.29 is 13.3 Å². The molecular weight excluding hydrogens is 1890 g/mol. The van der Waals surface area contributed by atoms with Crippen LogP contribution in [-0.2, 0) is 0 Å². The average molecular weight is 1970 g/mol. The van der Waals surface area contributed by atoms with Crippen LogP contribution in [-0.4, -0.2) is 44.9 Å². The van der Waals surface area contributed by atoms with Gasteiger partial charge in [-0.2, -0.15) is 0 Å². The van der Waals surface area contributed by atoms with Crippen LogP contribution in [0.15, 0.2) is 505 Å². The first-order valence-electron chi connectivity index (χ1n) is 49.8. The van der Waals surface area contributed by atoms with Crippen LogP contribution in [0, 0.1) is 0 Å². The molecule has 30 rings (SSSR count). The SMILES string of the molecule is c1ccc(-c2ccc(-c3nc(-c4ccc(-c5ccccc5)cc4)nc(-c4ccc5c(c4)oc4cccc(-c6ccc7c(c6)sc6ccccc67)c45)n3)cc2)cc1.c1ccc(-c2ccc3sc4cc(-c5cccc6oc7cc(-c8nc(-c9ccccc9)nc(-c9ccccc9)n8)ccc7c56)ccc4c3c2)cc1.c1ccc(-c2nc(-c3ccccc3)nc(-c3ccc4c(c3)oc3cccc(-c5ccc6c(c5)sc5ccccc56)c34)n2)cc1. The van der Waals surface area contributed by atoms with E-state index in [4.69, 9.17) is 58.1 Å². The first-order chi connectivity index (χ1) is 74.2. The largest absolute Gasteiger partial charge is 0.456 e. The Hall–Kier alpha value is -19.3. The second-order valence-electron chi connectivity index (χ2n) is 37.3. The molecule has 0 atom stereocenters. The Kier molecular flexibility index (Phi) is 22.2. The quantitative estimate of drug-likeness (QED) is 0.0959. The van der Waals surface area contributed by atoms with Gasteiger partial charge in [0.05, 0.1) is 0 Å². The van der Waals surface area contributed by atoms with E-state index in [1.807, 2.05) is 192 Å². The number of thiophene rings is 3. The topological polar surface area (TPSA) is 155 Å². The number of hydrogen-bond donors (Lipinski definition) is 0. The van der Waals surface area contributed by atoms with E-state index in [0.717, 1.165) is 155 Å². The predicted molar refractivity (Wildman–Crippen MR) is 622 cm³/mol. The lowest BCUT2D eigenvalue weighted by molar-refractivity contribution is 0.668. The molecule has 0 aliphatic heterocycles. The summed E-state index contributed by atoms with van der Waals surface area (Å²) in [4.78, 5) is 44.6. The van der Waals surface area contributed by atoms with E-state index < -0.39 is 0 Å². The van der Waals surface area contributed by atoms with Crippen LogP contribution in [0.3, 0.4) is 0 Å². The molecule has 0 fully saturated rings. The van der Waals surface area contributed by atoms with Crippen molar-refractivity contribution in [2.24, 2.45) is 0 Å². The molecule has 9 aromatic heterocycles. The van der Waals surface area contributed by atoms with Crippen LogP contribution >= 0.6 is 34.0 Å². The molecule has 12 nitrogen and oxygen atoms in total. The van der Waals surface area contributed by atoms with Gasteiger partial charge in [0.25, 0.3) is 0 Å². The summed E-state index contributed by atoms with van der Waals surface area (Å²) < 4.78 is 27.3. The van der Waals surface area contributed by atoms with Gasteiger partial charge in [-0.15, -0.1) is 34.0 Å². The summed E-state index contributed by atoms with van der Waals surface area (Å²) in [6.07, 6.45) is 0. The summed E-state index contributed by atoms with van der Waals surface area (Å²) in [5, 5.41) is 14.3. The van der Waals surface area contributed by atoms with Gasteiger partial charge in [-0.05, 0) is 164 Å². The lowest BCUT2D eigenvalue weighted by atomic mass is 9.97. The van der Waals surface area contributed by atoms with Gasteiger partial charge >= 0.3 is 0 Å². The third kappa shape index (κ3) is 16.6. The van der Waals surface area contributed by atoms with Gasteiger partial charge in [0.2, 0.25) is 0 Å². The van der Waals surface area contributed by atoms with E-state index in [9.17, 15) is 0 Å². The van der Waals surface area contributed by atoms with Crippen LogP contribution in [0.2, 0.25) is 0 Å². The van der Waals surface area contributed by atoms with Crippen LogP contribution in [0.5, 0.6) is 0 Å². The Balaban J connectivity index is 0.000000109. The Bertz CT molecular complexity index is 10200. The van der Waals surface area contributed by atoms with Gasteiger partial charge in [0, 0.05) is 143 Å². The average Bonchev–Trinajstić information content (AvgIpc) is 1.59. The molecule has 0 bridgehead atoms. The zero-order valence-corrected chi connectivity index (χ0v) is 82.7. The monoisotopic (exact) mass is 1970 g/mol. The minimum Gasteiger partial charge on any atom is -0.456 e. The van der Waals surface area contributed by atoms with Crippen molar-refractivity contribution in [1.29, 1.82) is 0 Å². The minimum atomic E-state index is 0.585. The number of fused-ring (bicyclic) bond motifs is 18. The molecule has 0 spiro atoms. The van der Waals surface area contributed by atoms with Crippen LogP contribution in [0.1, 0.15) is 0 Å². The predicted octanol–water partition coefficient (Wildman–Crippen LogP) is 37.4. The molecule has 9 heterocycles. The highest BCUT2D eigenvalue weighted by molar-refractivity contribution is 7.26. The molecule has 30 aromatic rings. The van der Waals surface area contributed by atoms with Crippen LogP contribution < -0.4 is 0 Å². The molecule has 0 amide bonds. The first-order valence-corrected chi connectivity index (χ1v) is 52.2. The number of aromatic nitrogens is 9. The van der Waals surface area contributed by atoms with Gasteiger partial charge < -0.3 is 13.3 Å².